The molecule has 0 N–H and O–H groups in total. The number of hydrogen-bond donors (Lipinski definition) is 0. The molecule has 0 amide bonds. The molecule has 0 atom stereocenters. The van der Waals surface area contributed by atoms with Gasteiger partial charge in [-0.05, 0) is 13.3 Å². The first kappa shape index (κ1) is 10.7. The first-order valence-electron chi connectivity index (χ1n) is 2.41. The topological polar surface area (TPSA) is 0 Å². The van der Waals surface area contributed by atoms with Gasteiger partial charge in [-0.25, -0.2) is 0 Å². The van der Waals surface area contributed by atoms with Crippen LogP contribution >= 0.6 is 0 Å². The summed E-state index contributed by atoms with van der Waals surface area (Å²) in [4.78, 5) is 0. The van der Waals surface area contributed by atoms with Gasteiger partial charge in [0.25, 0.3) is 0 Å². The third-order valence-electron chi connectivity index (χ3n) is 0.677. The quantitative estimate of drug-likeness (QED) is 0.373. The summed E-state index contributed by atoms with van der Waals surface area (Å²) in [5.41, 5.74) is 1.29. The van der Waals surface area contributed by atoms with Gasteiger partial charge in [0.15, 0.2) is 0 Å². The summed E-state index contributed by atoms with van der Waals surface area (Å²) in [5, 5.41) is 0. The third-order valence-corrected chi connectivity index (χ3v) is 0.677. The van der Waals surface area contributed by atoms with Crippen molar-refractivity contribution in [2.75, 3.05) is 0 Å². The Kier molecular flexibility index (Phi) is 10.3. The summed E-state index contributed by atoms with van der Waals surface area (Å²) in [5.74, 6) is 0. The Hall–Kier alpha value is 0.740. The molecule has 0 aliphatic carbocycles. The van der Waals surface area contributed by atoms with E-state index in [1.54, 1.807) is 0 Å². The van der Waals surface area contributed by atoms with Gasteiger partial charge in [0.05, 0.1) is 0 Å². The summed E-state index contributed by atoms with van der Waals surface area (Å²) in [6, 6.07) is 0. The minimum absolute atomic E-state index is 0. The summed E-state index contributed by atoms with van der Waals surface area (Å²) in [7, 11) is 0. The van der Waals surface area contributed by atoms with Crippen molar-refractivity contribution in [2.45, 2.75) is 26.7 Å². The molecular formula is C6H13Na. The summed E-state index contributed by atoms with van der Waals surface area (Å²) >= 11 is 0. The molecule has 7 heavy (non-hydrogen) atoms. The molecule has 1 heteroatoms. The van der Waals surface area contributed by atoms with Crippen LogP contribution in [0.15, 0.2) is 12.2 Å². The molecule has 0 unspecified atom stereocenters. The number of allylic oxidation sites excluding steroid dienone is 1. The molecule has 38 valence electrons. The molecule has 0 aromatic carbocycles. The molecule has 0 aromatic rings. The first-order valence-corrected chi connectivity index (χ1v) is 2.41. The van der Waals surface area contributed by atoms with Gasteiger partial charge in [-0.2, -0.15) is 0 Å². The number of hydrogen-bond acceptors (Lipinski definition) is 0. The Morgan fingerprint density at radius 3 is 2.00 bits per heavy atom. The Labute approximate surface area is 68.3 Å². The minimum atomic E-state index is 0. The number of rotatable bonds is 2. The van der Waals surface area contributed by atoms with Crippen LogP contribution in [-0.2, 0) is 0 Å². The molecule has 0 radical (unpaired) electrons. The molecule has 0 spiro atoms. The van der Waals surface area contributed by atoms with E-state index in [0.29, 0.717) is 0 Å². The van der Waals surface area contributed by atoms with Crippen LogP contribution in [-0.4, -0.2) is 29.6 Å². The van der Waals surface area contributed by atoms with Crippen molar-refractivity contribution in [3.05, 3.63) is 12.2 Å². The second-order valence-electron chi connectivity index (χ2n) is 1.71. The van der Waals surface area contributed by atoms with Gasteiger partial charge >= 0.3 is 29.6 Å². The average Bonchev–Trinajstić information content (AvgIpc) is 1.35. The van der Waals surface area contributed by atoms with E-state index in [1.165, 1.54) is 18.4 Å². The van der Waals surface area contributed by atoms with Gasteiger partial charge in [0, 0.05) is 0 Å². The zero-order valence-electron chi connectivity index (χ0n) is 4.62. The standard InChI is InChI=1S/C6H12.Na.H/c1-4-5-6(2)3;;/h2,4-5H2,1,3H3;;. The van der Waals surface area contributed by atoms with E-state index in [9.17, 15) is 0 Å². The Morgan fingerprint density at radius 1 is 1.57 bits per heavy atom. The molecular weight excluding hydrogens is 95.1 g/mol. The van der Waals surface area contributed by atoms with Crippen molar-refractivity contribution < 1.29 is 0 Å². The van der Waals surface area contributed by atoms with Crippen LogP contribution in [0.3, 0.4) is 0 Å². The van der Waals surface area contributed by atoms with E-state index in [0.717, 1.165) is 0 Å². The first-order chi connectivity index (χ1) is 2.77. The van der Waals surface area contributed by atoms with Crippen molar-refractivity contribution in [1.82, 2.24) is 0 Å². The van der Waals surface area contributed by atoms with E-state index < -0.39 is 0 Å². The average molecular weight is 108 g/mol. The summed E-state index contributed by atoms with van der Waals surface area (Å²) < 4.78 is 0. The molecule has 0 nitrogen and oxygen atoms in total. The van der Waals surface area contributed by atoms with Gasteiger partial charge in [0.1, 0.15) is 0 Å². The van der Waals surface area contributed by atoms with Gasteiger partial charge in [0.2, 0.25) is 0 Å². The van der Waals surface area contributed by atoms with Crippen LogP contribution in [0.25, 0.3) is 0 Å². The molecule has 0 aliphatic rings. The van der Waals surface area contributed by atoms with E-state index in [1.807, 2.05) is 0 Å². The van der Waals surface area contributed by atoms with E-state index in [4.69, 9.17) is 0 Å². The van der Waals surface area contributed by atoms with Crippen LogP contribution in [0.2, 0.25) is 0 Å². The van der Waals surface area contributed by atoms with Crippen LogP contribution < -0.4 is 0 Å². The predicted octanol–water partition coefficient (Wildman–Crippen LogP) is 1.71. The molecule has 0 heterocycles. The maximum absolute atomic E-state index is 3.74. The van der Waals surface area contributed by atoms with Crippen LogP contribution in [0.4, 0.5) is 0 Å². The molecule has 0 aliphatic heterocycles. The Balaban J connectivity index is 0. The third kappa shape index (κ3) is 10.8. The van der Waals surface area contributed by atoms with E-state index in [2.05, 4.69) is 20.4 Å². The molecule has 0 aromatic heterocycles. The van der Waals surface area contributed by atoms with Gasteiger partial charge in [-0.15, -0.1) is 6.58 Å². The molecule has 0 bridgehead atoms. The Bertz CT molecular complexity index is 48.1. The maximum atomic E-state index is 3.74. The zero-order valence-corrected chi connectivity index (χ0v) is 4.62. The van der Waals surface area contributed by atoms with Crippen LogP contribution in [0, 0.1) is 0 Å². The fraction of sp³-hybridized carbons (Fsp3) is 0.667. The zero-order chi connectivity index (χ0) is 4.99. The van der Waals surface area contributed by atoms with Crippen molar-refractivity contribution >= 4 is 29.6 Å². The Morgan fingerprint density at radius 2 is 2.00 bits per heavy atom. The summed E-state index contributed by atoms with van der Waals surface area (Å²) in [6.45, 7) is 7.97. The van der Waals surface area contributed by atoms with Crippen molar-refractivity contribution in [3.63, 3.8) is 0 Å². The molecule has 0 fully saturated rings. The van der Waals surface area contributed by atoms with E-state index >= 15 is 0 Å². The second-order valence-corrected chi connectivity index (χ2v) is 1.71. The van der Waals surface area contributed by atoms with Gasteiger partial charge in [-0.1, -0.05) is 18.9 Å². The van der Waals surface area contributed by atoms with Crippen LogP contribution in [0.1, 0.15) is 26.7 Å². The predicted molar refractivity (Wildman–Crippen MR) is 36.9 cm³/mol. The molecule has 0 saturated heterocycles. The fourth-order valence-corrected chi connectivity index (χ4v) is 0.427. The van der Waals surface area contributed by atoms with Crippen molar-refractivity contribution in [1.29, 1.82) is 0 Å². The van der Waals surface area contributed by atoms with Gasteiger partial charge < -0.3 is 0 Å². The normalized spacial score (nSPS) is 7.14. The summed E-state index contributed by atoms with van der Waals surface area (Å²) in [6.07, 6.45) is 2.41. The van der Waals surface area contributed by atoms with Crippen molar-refractivity contribution in [2.24, 2.45) is 0 Å². The fourth-order valence-electron chi connectivity index (χ4n) is 0.427. The monoisotopic (exact) mass is 108 g/mol. The second kappa shape index (κ2) is 6.74. The van der Waals surface area contributed by atoms with E-state index in [-0.39, 0.29) is 29.6 Å². The SMILES string of the molecule is C=C(C)CCC.[NaH]. The molecule has 0 saturated carbocycles. The van der Waals surface area contributed by atoms with Gasteiger partial charge in [-0.3, -0.25) is 0 Å². The molecule has 0 rings (SSSR count). The van der Waals surface area contributed by atoms with Crippen LogP contribution in [0.5, 0.6) is 0 Å². The van der Waals surface area contributed by atoms with Crippen molar-refractivity contribution in [3.8, 4) is 0 Å².